The Morgan fingerprint density at radius 3 is 2.93 bits per heavy atom. The van der Waals surface area contributed by atoms with Crippen molar-refractivity contribution >= 4 is 29.3 Å². The standard InChI is InChI=1S/C21H20ClN3O2S/c22-18-6-2-1-5-17(18)19-7-8-20(28-19)21(13-24-10-11-25(21)15-26)14-27-16-4-3-9-23-12-16/h1-9,12,15,24H,10-11,13-14H2. The number of benzene rings is 1. The Bertz CT molecular complexity index is 950. The van der Waals surface area contributed by atoms with Crippen molar-refractivity contribution in [3.63, 3.8) is 0 Å². The smallest absolute Gasteiger partial charge is 0.210 e. The summed E-state index contributed by atoms with van der Waals surface area (Å²) in [5.41, 5.74) is 0.408. The van der Waals surface area contributed by atoms with Crippen molar-refractivity contribution in [2.75, 3.05) is 26.2 Å². The third-order valence-electron chi connectivity index (χ3n) is 4.94. The van der Waals surface area contributed by atoms with Crippen LogP contribution in [-0.4, -0.2) is 42.5 Å². The molecule has 0 aliphatic carbocycles. The predicted molar refractivity (Wildman–Crippen MR) is 112 cm³/mol. The number of thiophene rings is 1. The Labute approximate surface area is 172 Å². The second kappa shape index (κ2) is 8.31. The van der Waals surface area contributed by atoms with Crippen LogP contribution in [0.25, 0.3) is 10.4 Å². The summed E-state index contributed by atoms with van der Waals surface area (Å²) in [4.78, 5) is 20.0. The van der Waals surface area contributed by atoms with E-state index in [4.69, 9.17) is 16.3 Å². The molecule has 1 fully saturated rings. The van der Waals surface area contributed by atoms with E-state index in [1.165, 1.54) is 0 Å². The Morgan fingerprint density at radius 2 is 2.14 bits per heavy atom. The summed E-state index contributed by atoms with van der Waals surface area (Å²) < 4.78 is 6.05. The molecule has 1 N–H and O–H groups in total. The van der Waals surface area contributed by atoms with Gasteiger partial charge in [-0.15, -0.1) is 11.3 Å². The van der Waals surface area contributed by atoms with Crippen molar-refractivity contribution in [2.45, 2.75) is 5.54 Å². The molecule has 1 aromatic carbocycles. The van der Waals surface area contributed by atoms with Gasteiger partial charge in [-0.05, 0) is 30.3 Å². The van der Waals surface area contributed by atoms with Crippen molar-refractivity contribution < 1.29 is 9.53 Å². The molecule has 0 bridgehead atoms. The second-order valence-electron chi connectivity index (χ2n) is 6.63. The van der Waals surface area contributed by atoms with Crippen molar-refractivity contribution in [1.29, 1.82) is 0 Å². The molecule has 0 radical (unpaired) electrons. The minimum Gasteiger partial charge on any atom is -0.489 e. The zero-order valence-electron chi connectivity index (χ0n) is 15.2. The fourth-order valence-electron chi connectivity index (χ4n) is 3.43. The molecule has 1 aliphatic rings. The first-order valence-corrected chi connectivity index (χ1v) is 10.2. The number of ether oxygens (including phenoxy) is 1. The van der Waals surface area contributed by atoms with Gasteiger partial charge < -0.3 is 15.0 Å². The van der Waals surface area contributed by atoms with Crippen molar-refractivity contribution in [3.05, 3.63) is 70.8 Å². The molecular formula is C21H20ClN3O2S. The fraction of sp³-hybridized carbons (Fsp3) is 0.238. The molecule has 2 aromatic heterocycles. The molecule has 1 atom stereocenters. The number of hydrogen-bond acceptors (Lipinski definition) is 5. The van der Waals surface area contributed by atoms with Crippen LogP contribution in [0.15, 0.2) is 60.9 Å². The summed E-state index contributed by atoms with van der Waals surface area (Å²) >= 11 is 8.02. The van der Waals surface area contributed by atoms with Gasteiger partial charge in [-0.2, -0.15) is 0 Å². The number of pyridine rings is 1. The van der Waals surface area contributed by atoms with Gasteiger partial charge in [0, 0.05) is 46.2 Å². The monoisotopic (exact) mass is 413 g/mol. The van der Waals surface area contributed by atoms with E-state index in [1.807, 2.05) is 41.3 Å². The highest BCUT2D eigenvalue weighted by Crippen LogP contribution is 2.40. The SMILES string of the molecule is O=CN1CCNCC1(COc1cccnc1)c1ccc(-c2ccccc2Cl)s1. The minimum atomic E-state index is -0.583. The van der Waals surface area contributed by atoms with Gasteiger partial charge in [0.1, 0.15) is 17.9 Å². The summed E-state index contributed by atoms with van der Waals surface area (Å²) in [6.45, 7) is 2.34. The molecule has 0 saturated carbocycles. The normalized spacial score (nSPS) is 19.4. The molecule has 3 heterocycles. The maximum atomic E-state index is 11.9. The lowest BCUT2D eigenvalue weighted by molar-refractivity contribution is -0.127. The predicted octanol–water partition coefficient (Wildman–Crippen LogP) is 3.80. The minimum absolute atomic E-state index is 0.340. The Morgan fingerprint density at radius 1 is 1.25 bits per heavy atom. The molecule has 1 amide bonds. The molecule has 1 saturated heterocycles. The first-order valence-electron chi connectivity index (χ1n) is 9.04. The lowest BCUT2D eigenvalue weighted by Crippen LogP contribution is -2.61. The van der Waals surface area contributed by atoms with E-state index in [0.29, 0.717) is 30.5 Å². The first kappa shape index (κ1) is 18.9. The van der Waals surface area contributed by atoms with Gasteiger partial charge in [0.15, 0.2) is 0 Å². The number of nitrogens with one attached hydrogen (secondary N) is 1. The van der Waals surface area contributed by atoms with Crippen LogP contribution in [0.5, 0.6) is 5.75 Å². The van der Waals surface area contributed by atoms with Crippen LogP contribution in [0.4, 0.5) is 0 Å². The molecule has 1 unspecified atom stereocenters. The van der Waals surface area contributed by atoms with Gasteiger partial charge in [-0.25, -0.2) is 0 Å². The lowest BCUT2D eigenvalue weighted by atomic mass is 9.94. The topological polar surface area (TPSA) is 54.5 Å². The van der Waals surface area contributed by atoms with Crippen molar-refractivity contribution in [3.8, 4) is 16.2 Å². The zero-order chi connectivity index (χ0) is 19.4. The van der Waals surface area contributed by atoms with E-state index in [2.05, 4.69) is 22.4 Å². The Balaban J connectivity index is 1.69. The van der Waals surface area contributed by atoms with Crippen LogP contribution >= 0.6 is 22.9 Å². The van der Waals surface area contributed by atoms with Crippen molar-refractivity contribution in [1.82, 2.24) is 15.2 Å². The van der Waals surface area contributed by atoms with Gasteiger partial charge in [0.25, 0.3) is 0 Å². The average molecular weight is 414 g/mol. The van der Waals surface area contributed by atoms with Crippen LogP contribution in [0, 0.1) is 0 Å². The van der Waals surface area contributed by atoms with Gasteiger partial charge in [0.05, 0.1) is 6.20 Å². The molecule has 1 aliphatic heterocycles. The van der Waals surface area contributed by atoms with E-state index < -0.39 is 5.54 Å². The number of nitrogens with zero attached hydrogens (tertiary/aromatic N) is 2. The first-order chi connectivity index (χ1) is 13.7. The number of carbonyl (C=O) groups is 1. The van der Waals surface area contributed by atoms with Gasteiger partial charge in [-0.3, -0.25) is 9.78 Å². The fourth-order valence-corrected chi connectivity index (χ4v) is 4.96. The van der Waals surface area contributed by atoms with Crippen LogP contribution in [0.3, 0.4) is 0 Å². The summed E-state index contributed by atoms with van der Waals surface area (Å²) in [6.07, 6.45) is 4.30. The number of amides is 1. The Hall–Kier alpha value is -2.41. The van der Waals surface area contributed by atoms with Gasteiger partial charge >= 0.3 is 0 Å². The highest BCUT2D eigenvalue weighted by Gasteiger charge is 2.42. The number of halogens is 1. The van der Waals surface area contributed by atoms with Gasteiger partial charge in [-0.1, -0.05) is 29.8 Å². The Kier molecular flexibility index (Phi) is 5.62. The summed E-state index contributed by atoms with van der Waals surface area (Å²) in [5, 5.41) is 4.13. The maximum absolute atomic E-state index is 11.9. The quantitative estimate of drug-likeness (QED) is 0.624. The highest BCUT2D eigenvalue weighted by atomic mass is 35.5. The molecule has 144 valence electrons. The highest BCUT2D eigenvalue weighted by molar-refractivity contribution is 7.15. The van der Waals surface area contributed by atoms with E-state index in [1.54, 1.807) is 23.7 Å². The number of carbonyl (C=O) groups excluding carboxylic acids is 1. The number of aromatic nitrogens is 1. The van der Waals surface area contributed by atoms with Crippen LogP contribution in [0.1, 0.15) is 4.88 Å². The largest absolute Gasteiger partial charge is 0.489 e. The molecule has 28 heavy (non-hydrogen) atoms. The van der Waals surface area contributed by atoms with Crippen LogP contribution in [0.2, 0.25) is 5.02 Å². The zero-order valence-corrected chi connectivity index (χ0v) is 16.7. The molecular weight excluding hydrogens is 394 g/mol. The van der Waals surface area contributed by atoms with E-state index >= 15 is 0 Å². The average Bonchev–Trinajstić information content (AvgIpc) is 3.24. The van der Waals surface area contributed by atoms with E-state index in [9.17, 15) is 4.79 Å². The van der Waals surface area contributed by atoms with Crippen LogP contribution < -0.4 is 10.1 Å². The molecule has 0 spiro atoms. The van der Waals surface area contributed by atoms with E-state index in [0.717, 1.165) is 28.3 Å². The number of hydrogen-bond donors (Lipinski definition) is 1. The molecule has 4 rings (SSSR count). The summed E-state index contributed by atoms with van der Waals surface area (Å²) in [6, 6.07) is 15.6. The molecule has 5 nitrogen and oxygen atoms in total. The van der Waals surface area contributed by atoms with Gasteiger partial charge in [0.2, 0.25) is 6.41 Å². The van der Waals surface area contributed by atoms with Crippen LogP contribution in [-0.2, 0) is 10.3 Å². The summed E-state index contributed by atoms with van der Waals surface area (Å²) in [5.74, 6) is 0.682. The van der Waals surface area contributed by atoms with E-state index in [-0.39, 0.29) is 0 Å². The maximum Gasteiger partial charge on any atom is 0.210 e. The van der Waals surface area contributed by atoms with Crippen molar-refractivity contribution in [2.24, 2.45) is 0 Å². The number of piperazine rings is 1. The third-order valence-corrected chi connectivity index (χ3v) is 6.58. The molecule has 3 aromatic rings. The summed E-state index contributed by atoms with van der Waals surface area (Å²) in [7, 11) is 0. The second-order valence-corrected chi connectivity index (χ2v) is 8.12. The lowest BCUT2D eigenvalue weighted by Gasteiger charge is -2.44. The third kappa shape index (κ3) is 3.63. The number of rotatable bonds is 6. The molecule has 7 heteroatoms.